The smallest absolute Gasteiger partial charge is 0.410 e. The SMILES string of the molecule is CC(C)(C)OC(=O)N1CCN(c2cccc3nc(C(=O)O)ccc23)CC1. The largest absolute Gasteiger partial charge is 0.477 e. The average Bonchev–Trinajstić information content (AvgIpc) is 2.59. The van der Waals surface area contributed by atoms with E-state index in [1.54, 1.807) is 11.0 Å². The molecule has 0 spiro atoms. The summed E-state index contributed by atoms with van der Waals surface area (Å²) in [7, 11) is 0. The summed E-state index contributed by atoms with van der Waals surface area (Å²) in [6.45, 7) is 8.08. The van der Waals surface area contributed by atoms with E-state index in [2.05, 4.69) is 9.88 Å². The van der Waals surface area contributed by atoms with Crippen molar-refractivity contribution in [2.45, 2.75) is 26.4 Å². The first-order valence-electron chi connectivity index (χ1n) is 8.60. The summed E-state index contributed by atoms with van der Waals surface area (Å²) in [4.78, 5) is 31.4. The lowest BCUT2D eigenvalue weighted by molar-refractivity contribution is 0.0240. The summed E-state index contributed by atoms with van der Waals surface area (Å²) in [5.41, 5.74) is 1.18. The van der Waals surface area contributed by atoms with Crippen LogP contribution in [-0.4, -0.2) is 58.8 Å². The van der Waals surface area contributed by atoms with Gasteiger partial charge in [-0.1, -0.05) is 6.07 Å². The second-order valence-corrected chi connectivity index (χ2v) is 7.30. The summed E-state index contributed by atoms with van der Waals surface area (Å²) >= 11 is 0. The summed E-state index contributed by atoms with van der Waals surface area (Å²) in [6, 6.07) is 8.98. The van der Waals surface area contributed by atoms with Gasteiger partial charge in [-0.15, -0.1) is 0 Å². The number of pyridine rings is 1. The van der Waals surface area contributed by atoms with Crippen molar-refractivity contribution in [2.24, 2.45) is 0 Å². The zero-order valence-corrected chi connectivity index (χ0v) is 15.2. The Bertz CT molecular complexity index is 836. The number of aromatic carboxylic acids is 1. The Hall–Kier alpha value is -2.83. The van der Waals surface area contributed by atoms with Gasteiger partial charge in [0, 0.05) is 37.3 Å². The van der Waals surface area contributed by atoms with E-state index in [0.29, 0.717) is 31.7 Å². The number of carboxylic acid groups (broad SMARTS) is 1. The van der Waals surface area contributed by atoms with E-state index in [4.69, 9.17) is 9.84 Å². The summed E-state index contributed by atoms with van der Waals surface area (Å²) in [5, 5.41) is 10.0. The maximum atomic E-state index is 12.2. The molecule has 0 radical (unpaired) electrons. The van der Waals surface area contributed by atoms with Crippen molar-refractivity contribution in [3.8, 4) is 0 Å². The highest BCUT2D eigenvalue weighted by molar-refractivity contribution is 5.95. The first-order valence-corrected chi connectivity index (χ1v) is 8.60. The molecule has 0 atom stereocenters. The minimum atomic E-state index is -1.04. The second kappa shape index (κ2) is 6.82. The van der Waals surface area contributed by atoms with Gasteiger partial charge in [-0.05, 0) is 45.0 Å². The number of hydrogen-bond donors (Lipinski definition) is 1. The fraction of sp³-hybridized carbons (Fsp3) is 0.421. The van der Waals surface area contributed by atoms with E-state index in [-0.39, 0.29) is 11.8 Å². The van der Waals surface area contributed by atoms with Crippen LogP contribution in [0.4, 0.5) is 10.5 Å². The lowest BCUT2D eigenvalue weighted by Gasteiger charge is -2.37. The number of fused-ring (bicyclic) bond motifs is 1. The van der Waals surface area contributed by atoms with Crippen molar-refractivity contribution < 1.29 is 19.4 Å². The molecule has 0 bridgehead atoms. The third-order valence-corrected chi connectivity index (χ3v) is 4.20. The summed E-state index contributed by atoms with van der Waals surface area (Å²) in [5.74, 6) is -1.04. The number of carboxylic acids is 1. The lowest BCUT2D eigenvalue weighted by atomic mass is 10.1. The fourth-order valence-electron chi connectivity index (χ4n) is 2.99. The number of anilines is 1. The van der Waals surface area contributed by atoms with E-state index < -0.39 is 11.6 Å². The van der Waals surface area contributed by atoms with Crippen LogP contribution in [0.25, 0.3) is 10.9 Å². The molecule has 0 saturated carbocycles. The molecule has 2 heterocycles. The highest BCUT2D eigenvalue weighted by Crippen LogP contribution is 2.27. The van der Waals surface area contributed by atoms with Gasteiger partial charge in [0.25, 0.3) is 0 Å². The van der Waals surface area contributed by atoms with Crippen LogP contribution in [0.15, 0.2) is 30.3 Å². The molecule has 0 unspecified atom stereocenters. The van der Waals surface area contributed by atoms with Gasteiger partial charge in [0.2, 0.25) is 0 Å². The van der Waals surface area contributed by atoms with Gasteiger partial charge in [0.1, 0.15) is 11.3 Å². The lowest BCUT2D eigenvalue weighted by Crippen LogP contribution is -2.50. The molecule has 1 aromatic heterocycles. The second-order valence-electron chi connectivity index (χ2n) is 7.30. The van der Waals surface area contributed by atoms with Gasteiger partial charge in [-0.3, -0.25) is 0 Å². The maximum Gasteiger partial charge on any atom is 0.410 e. The number of amides is 1. The number of hydrogen-bond acceptors (Lipinski definition) is 5. The fourth-order valence-corrected chi connectivity index (χ4v) is 2.99. The molecular weight excluding hydrogens is 334 g/mol. The highest BCUT2D eigenvalue weighted by atomic mass is 16.6. The molecule has 1 fully saturated rings. The minimum Gasteiger partial charge on any atom is -0.477 e. The monoisotopic (exact) mass is 357 g/mol. The van der Waals surface area contributed by atoms with Crippen LogP contribution in [0, 0.1) is 0 Å². The predicted octanol–water partition coefficient (Wildman–Crippen LogP) is 2.99. The maximum absolute atomic E-state index is 12.2. The summed E-state index contributed by atoms with van der Waals surface area (Å²) < 4.78 is 5.43. The normalized spacial score (nSPS) is 15.2. The van der Waals surface area contributed by atoms with Crippen LogP contribution in [0.3, 0.4) is 0 Å². The van der Waals surface area contributed by atoms with E-state index in [9.17, 15) is 9.59 Å². The molecule has 1 aliphatic heterocycles. The molecule has 1 aromatic carbocycles. The van der Waals surface area contributed by atoms with Gasteiger partial charge >= 0.3 is 12.1 Å². The average molecular weight is 357 g/mol. The Balaban J connectivity index is 1.75. The molecule has 1 amide bonds. The number of carbonyl (C=O) groups excluding carboxylic acids is 1. The van der Waals surface area contributed by atoms with Crippen molar-refractivity contribution in [2.75, 3.05) is 31.1 Å². The molecule has 1 N–H and O–H groups in total. The van der Waals surface area contributed by atoms with Crippen LogP contribution in [-0.2, 0) is 4.74 Å². The Morgan fingerprint density at radius 1 is 1.08 bits per heavy atom. The zero-order valence-electron chi connectivity index (χ0n) is 15.2. The third kappa shape index (κ3) is 3.87. The van der Waals surface area contributed by atoms with Crippen LogP contribution < -0.4 is 4.90 Å². The van der Waals surface area contributed by atoms with Crippen molar-refractivity contribution in [3.63, 3.8) is 0 Å². The first-order chi connectivity index (χ1) is 12.2. The minimum absolute atomic E-state index is 0.0318. The van der Waals surface area contributed by atoms with Gasteiger partial charge < -0.3 is 19.6 Å². The number of piperazine rings is 1. The molecule has 2 aromatic rings. The van der Waals surface area contributed by atoms with E-state index in [1.807, 2.05) is 39.0 Å². The predicted molar refractivity (Wildman–Crippen MR) is 98.7 cm³/mol. The Morgan fingerprint density at radius 2 is 1.77 bits per heavy atom. The molecule has 7 nitrogen and oxygen atoms in total. The standard InChI is InChI=1S/C19H23N3O4/c1-19(2,3)26-18(25)22-11-9-21(10-12-22)16-6-4-5-14-13(16)7-8-15(20-14)17(23)24/h4-8H,9-12H2,1-3H3,(H,23,24). The number of nitrogens with zero attached hydrogens (tertiary/aromatic N) is 3. The zero-order chi connectivity index (χ0) is 18.9. The number of benzene rings is 1. The molecule has 3 rings (SSSR count). The first kappa shape index (κ1) is 18.0. The number of rotatable bonds is 2. The van der Waals surface area contributed by atoms with Crippen molar-refractivity contribution >= 4 is 28.7 Å². The molecule has 7 heteroatoms. The van der Waals surface area contributed by atoms with Gasteiger partial charge in [0.15, 0.2) is 0 Å². The molecule has 0 aliphatic carbocycles. The Labute approximate surface area is 152 Å². The van der Waals surface area contributed by atoms with Crippen molar-refractivity contribution in [1.29, 1.82) is 0 Å². The van der Waals surface area contributed by atoms with Crippen LogP contribution in [0.1, 0.15) is 31.3 Å². The molecule has 1 aliphatic rings. The molecule has 138 valence electrons. The van der Waals surface area contributed by atoms with Gasteiger partial charge in [0.05, 0.1) is 5.52 Å². The summed E-state index contributed by atoms with van der Waals surface area (Å²) in [6.07, 6.45) is -0.289. The number of aromatic nitrogens is 1. The van der Waals surface area contributed by atoms with E-state index >= 15 is 0 Å². The Morgan fingerprint density at radius 3 is 2.38 bits per heavy atom. The van der Waals surface area contributed by atoms with Gasteiger partial charge in [-0.2, -0.15) is 0 Å². The topological polar surface area (TPSA) is 83.0 Å². The van der Waals surface area contributed by atoms with Crippen LogP contribution >= 0.6 is 0 Å². The van der Waals surface area contributed by atoms with Crippen molar-refractivity contribution in [3.05, 3.63) is 36.0 Å². The van der Waals surface area contributed by atoms with E-state index in [0.717, 1.165) is 11.1 Å². The quantitative estimate of drug-likeness (QED) is 0.890. The van der Waals surface area contributed by atoms with Crippen LogP contribution in [0.2, 0.25) is 0 Å². The molecule has 1 saturated heterocycles. The highest BCUT2D eigenvalue weighted by Gasteiger charge is 2.26. The van der Waals surface area contributed by atoms with Crippen molar-refractivity contribution in [1.82, 2.24) is 9.88 Å². The van der Waals surface area contributed by atoms with Crippen LogP contribution in [0.5, 0.6) is 0 Å². The molecular formula is C19H23N3O4. The number of carbonyl (C=O) groups is 2. The third-order valence-electron chi connectivity index (χ3n) is 4.20. The Kier molecular flexibility index (Phi) is 4.71. The van der Waals surface area contributed by atoms with E-state index in [1.165, 1.54) is 6.07 Å². The number of ether oxygens (including phenoxy) is 1. The molecule has 26 heavy (non-hydrogen) atoms. The van der Waals surface area contributed by atoms with Gasteiger partial charge in [-0.25, -0.2) is 14.6 Å².